The summed E-state index contributed by atoms with van der Waals surface area (Å²) < 4.78 is 10.4. The van der Waals surface area contributed by atoms with Gasteiger partial charge in [-0.05, 0) is 0 Å². The van der Waals surface area contributed by atoms with E-state index in [0.717, 1.165) is 19.1 Å². The van der Waals surface area contributed by atoms with E-state index >= 15 is 0 Å². The third-order valence-corrected chi connectivity index (χ3v) is 2.25. The number of carbonyl (C=O) groups is 1. The second kappa shape index (κ2) is 6.90. The second-order valence-electron chi connectivity index (χ2n) is 3.53. The van der Waals surface area contributed by atoms with Gasteiger partial charge in [0, 0.05) is 0 Å². The number of carboxylic acids is 1. The molecule has 5 heteroatoms. The van der Waals surface area contributed by atoms with Gasteiger partial charge in [0.05, 0.1) is 0 Å². The van der Waals surface area contributed by atoms with Gasteiger partial charge in [-0.3, -0.25) is 0 Å². The Kier molecular flexibility index (Phi) is 5.43. The summed E-state index contributed by atoms with van der Waals surface area (Å²) in [5.41, 5.74) is 1.14. The molecule has 84 valence electrons. The zero-order valence-corrected chi connectivity index (χ0v) is 9.00. The van der Waals surface area contributed by atoms with Crippen molar-refractivity contribution < 1.29 is 14.6 Å². The Hall–Kier alpha value is -1.49. The minimum atomic E-state index is -0.907. The van der Waals surface area contributed by atoms with Gasteiger partial charge in [0.1, 0.15) is 0 Å². The molecule has 0 saturated heterocycles. The summed E-state index contributed by atoms with van der Waals surface area (Å²) in [6.45, 7) is 0.487. The molecule has 0 spiro atoms. The Labute approximate surface area is 95.1 Å². The van der Waals surface area contributed by atoms with Crippen LogP contribution in [-0.2, 0) is 15.9 Å². The molecule has 0 aliphatic heterocycles. The average Bonchev–Trinajstić information content (AvgIpc) is 2.27. The molecule has 1 rings (SSSR count). The molecule has 0 fully saturated rings. The van der Waals surface area contributed by atoms with Crippen LogP contribution in [0.15, 0.2) is 30.3 Å². The van der Waals surface area contributed by atoms with Gasteiger partial charge < -0.3 is 0 Å². The number of hydrogen-bond donors (Lipinski definition) is 1. The molecule has 0 aliphatic rings. The van der Waals surface area contributed by atoms with Crippen molar-refractivity contribution in [3.8, 4) is 0 Å². The molecule has 0 aliphatic carbocycles. The van der Waals surface area contributed by atoms with Crippen LogP contribution in [0.5, 0.6) is 0 Å². The molecule has 1 aromatic rings. The van der Waals surface area contributed by atoms with Crippen LogP contribution in [0.3, 0.4) is 0 Å². The third kappa shape index (κ3) is 4.84. The molecular formula is C11H14BNO3. The molecule has 0 radical (unpaired) electrons. The molecule has 0 aromatic heterocycles. The Morgan fingerprint density at radius 3 is 2.56 bits per heavy atom. The van der Waals surface area contributed by atoms with Crippen molar-refractivity contribution in [1.29, 1.82) is 0 Å². The van der Waals surface area contributed by atoms with E-state index in [0.29, 0.717) is 6.54 Å². The number of aliphatic carboxylic acids is 1. The molecule has 0 bridgehead atoms. The van der Waals surface area contributed by atoms with Gasteiger partial charge >= 0.3 is 94.5 Å². The minimum absolute atomic E-state index is 0.0917. The normalized spacial score (nSPS) is 10.1. The maximum atomic E-state index is 10.5. The first kappa shape index (κ1) is 12.6. The number of rotatable bonds is 7. The summed E-state index contributed by atoms with van der Waals surface area (Å²) in [7, 11) is 0.730. The fourth-order valence-electron chi connectivity index (χ4n) is 1.46. The monoisotopic (exact) mass is 219 g/mol. The van der Waals surface area contributed by atoms with E-state index in [-0.39, 0.29) is 13.0 Å². The Morgan fingerprint density at radius 2 is 2.00 bits per heavy atom. The molecule has 0 saturated carbocycles. The van der Waals surface area contributed by atoms with Crippen molar-refractivity contribution in [3.63, 3.8) is 0 Å². The summed E-state index contributed by atoms with van der Waals surface area (Å²) in [6, 6.07) is 9.79. The van der Waals surface area contributed by atoms with Crippen molar-refractivity contribution in [1.82, 2.24) is 4.90 Å². The molecule has 1 N–H and O–H groups in total. The predicted molar refractivity (Wildman–Crippen MR) is 60.7 cm³/mol. The summed E-state index contributed by atoms with van der Waals surface area (Å²) in [5.74, 6) is -0.907. The second-order valence-corrected chi connectivity index (χ2v) is 3.53. The Balaban J connectivity index is 2.43. The van der Waals surface area contributed by atoms with E-state index in [9.17, 15) is 9.50 Å². The van der Waals surface area contributed by atoms with Gasteiger partial charge in [0.15, 0.2) is 0 Å². The van der Waals surface area contributed by atoms with Gasteiger partial charge in [-0.15, -0.1) is 0 Å². The summed E-state index contributed by atoms with van der Waals surface area (Å²) >= 11 is 0. The van der Waals surface area contributed by atoms with Crippen molar-refractivity contribution in [2.24, 2.45) is 0 Å². The third-order valence-electron chi connectivity index (χ3n) is 2.25. The number of hydrogen-bond acceptors (Lipinski definition) is 3. The topological polar surface area (TPSA) is 57.6 Å². The Morgan fingerprint density at radius 1 is 1.31 bits per heavy atom. The van der Waals surface area contributed by atoms with Crippen LogP contribution in [-0.4, -0.2) is 42.7 Å². The van der Waals surface area contributed by atoms with Crippen LogP contribution in [0, 0.1) is 0 Å². The summed E-state index contributed by atoms with van der Waals surface area (Å²) in [5, 5.41) is 8.65. The number of benzene rings is 1. The first-order chi connectivity index (χ1) is 7.72. The number of nitrogens with zero attached hydrogens (tertiary/aromatic N) is 1. The molecule has 0 unspecified atom stereocenters. The molecule has 0 atom stereocenters. The zero-order chi connectivity index (χ0) is 11.8. The van der Waals surface area contributed by atoms with Crippen LogP contribution in [0.25, 0.3) is 0 Å². The standard InChI is InChI=1S/C11H14BNO3/c14-11(15)8-13(9-12-16)7-6-10-4-2-1-3-5-10/h1-5H,6-9H2,(H,14,15). The maximum absolute atomic E-state index is 10.5. The van der Waals surface area contributed by atoms with Gasteiger partial charge in [-0.25, -0.2) is 0 Å². The summed E-state index contributed by atoms with van der Waals surface area (Å²) in [6.07, 6.45) is 0.918. The SMILES string of the molecule is O=BCN(CCc1ccccc1)CC(=O)O. The molecule has 0 heterocycles. The van der Waals surface area contributed by atoms with E-state index in [2.05, 4.69) is 0 Å². The van der Waals surface area contributed by atoms with Gasteiger partial charge in [0.2, 0.25) is 0 Å². The fourth-order valence-corrected chi connectivity index (χ4v) is 1.46. The van der Waals surface area contributed by atoms with E-state index < -0.39 is 5.97 Å². The number of carboxylic acid groups (broad SMARTS) is 1. The van der Waals surface area contributed by atoms with Crippen molar-refractivity contribution in [2.45, 2.75) is 6.42 Å². The van der Waals surface area contributed by atoms with Crippen LogP contribution in [0.4, 0.5) is 0 Å². The average molecular weight is 219 g/mol. The molecule has 16 heavy (non-hydrogen) atoms. The predicted octanol–water partition coefficient (Wildman–Crippen LogP) is 0.623. The van der Waals surface area contributed by atoms with Crippen LogP contribution >= 0.6 is 0 Å². The van der Waals surface area contributed by atoms with Crippen molar-refractivity contribution in [3.05, 3.63) is 35.9 Å². The van der Waals surface area contributed by atoms with Crippen molar-refractivity contribution >= 4 is 13.1 Å². The quantitative estimate of drug-likeness (QED) is 0.683. The zero-order valence-electron chi connectivity index (χ0n) is 9.00. The molecule has 1 aromatic carbocycles. The van der Waals surface area contributed by atoms with E-state index in [4.69, 9.17) is 5.11 Å². The van der Waals surface area contributed by atoms with Crippen molar-refractivity contribution in [2.75, 3.05) is 19.5 Å². The van der Waals surface area contributed by atoms with Gasteiger partial charge in [-0.2, -0.15) is 0 Å². The van der Waals surface area contributed by atoms with E-state index in [1.807, 2.05) is 30.3 Å². The molecule has 4 nitrogen and oxygen atoms in total. The molecule has 0 amide bonds. The Bertz CT molecular complexity index is 342. The first-order valence-corrected chi connectivity index (χ1v) is 5.14. The van der Waals surface area contributed by atoms with Gasteiger partial charge in [0.25, 0.3) is 0 Å². The summed E-state index contributed by atoms with van der Waals surface area (Å²) in [4.78, 5) is 12.2. The first-order valence-electron chi connectivity index (χ1n) is 5.14. The van der Waals surface area contributed by atoms with Crippen LogP contribution < -0.4 is 0 Å². The molecular weight excluding hydrogens is 205 g/mol. The van der Waals surface area contributed by atoms with Crippen LogP contribution in [0.1, 0.15) is 5.56 Å². The van der Waals surface area contributed by atoms with Gasteiger partial charge in [-0.1, -0.05) is 0 Å². The van der Waals surface area contributed by atoms with E-state index in [1.165, 1.54) is 0 Å². The van der Waals surface area contributed by atoms with Crippen LogP contribution in [0.2, 0.25) is 0 Å². The van der Waals surface area contributed by atoms with E-state index in [1.54, 1.807) is 4.90 Å². The fraction of sp³-hybridized carbons (Fsp3) is 0.364.